The number of carbonyl (C=O) groups excluding carboxylic acids is 1. The number of esters is 1. The molecule has 0 N–H and O–H groups in total. The van der Waals surface area contributed by atoms with Crippen LogP contribution in [0.5, 0.6) is 5.75 Å². The van der Waals surface area contributed by atoms with Crippen LogP contribution >= 0.6 is 0 Å². The highest BCUT2D eigenvalue weighted by Crippen LogP contribution is 2.42. The summed E-state index contributed by atoms with van der Waals surface area (Å²) in [5, 5.41) is 8.65. The van der Waals surface area contributed by atoms with Crippen LogP contribution in [0, 0.1) is 6.92 Å². The molecular weight excluding hydrogens is 500 g/mol. The molecule has 0 spiro atoms. The van der Waals surface area contributed by atoms with Gasteiger partial charge in [-0.1, -0.05) is 54.6 Å². The van der Waals surface area contributed by atoms with Crippen molar-refractivity contribution >= 4 is 17.0 Å². The van der Waals surface area contributed by atoms with Gasteiger partial charge in [-0.3, -0.25) is 9.69 Å². The Bertz CT molecular complexity index is 1540. The number of nitrogens with zero attached hydrogens (tertiary/aromatic N) is 4. The van der Waals surface area contributed by atoms with Crippen molar-refractivity contribution < 1.29 is 14.3 Å². The average Bonchev–Trinajstić information content (AvgIpc) is 3.50. The van der Waals surface area contributed by atoms with E-state index in [1.54, 1.807) is 4.68 Å². The van der Waals surface area contributed by atoms with Gasteiger partial charge in [-0.15, -0.1) is 5.10 Å². The molecule has 0 radical (unpaired) electrons. The third-order valence-electron chi connectivity index (χ3n) is 8.72. The molecule has 6 rings (SSSR count). The molecule has 3 atom stereocenters. The van der Waals surface area contributed by atoms with Gasteiger partial charge >= 0.3 is 5.97 Å². The van der Waals surface area contributed by atoms with Crippen molar-refractivity contribution in [2.45, 2.75) is 71.1 Å². The summed E-state index contributed by atoms with van der Waals surface area (Å²) >= 11 is 0. The van der Waals surface area contributed by atoms with Crippen LogP contribution in [0.2, 0.25) is 0 Å². The van der Waals surface area contributed by atoms with Crippen LogP contribution in [-0.2, 0) is 29.5 Å². The molecule has 7 heteroatoms. The molecule has 40 heavy (non-hydrogen) atoms. The van der Waals surface area contributed by atoms with E-state index in [4.69, 9.17) is 9.47 Å². The third-order valence-corrected chi connectivity index (χ3v) is 8.72. The molecule has 1 aliphatic heterocycles. The van der Waals surface area contributed by atoms with Crippen molar-refractivity contribution in [1.82, 2.24) is 19.9 Å². The summed E-state index contributed by atoms with van der Waals surface area (Å²) in [6.07, 6.45) is 3.56. The largest absolute Gasteiger partial charge is 0.489 e. The highest BCUT2D eigenvalue weighted by Gasteiger charge is 2.33. The summed E-state index contributed by atoms with van der Waals surface area (Å²) in [7, 11) is 1.90. The standard InChI is InChI=1S/C33H38N4O3/c1-5-25-20-37(19-24-9-7-8-10-31(24)40-25)29-15-13-22-11-12-23(17-28(22)29)27(18-32(38)39-6-2)26-14-16-30-33(21(26)3)34-35-36(30)4/h7-12,14,16-17,25,27,29H,5-6,13,15,18-20H2,1-4H3/t25-,27?,29+/m1/s1. The van der Waals surface area contributed by atoms with E-state index in [-0.39, 0.29) is 24.4 Å². The summed E-state index contributed by atoms with van der Waals surface area (Å²) in [6.45, 7) is 8.28. The Morgan fingerprint density at radius 1 is 1.12 bits per heavy atom. The van der Waals surface area contributed by atoms with Crippen LogP contribution in [0.4, 0.5) is 0 Å². The number of aromatic nitrogens is 3. The third kappa shape index (κ3) is 4.87. The van der Waals surface area contributed by atoms with E-state index in [1.807, 2.05) is 14.0 Å². The summed E-state index contributed by atoms with van der Waals surface area (Å²) in [5.41, 5.74) is 9.18. The Labute approximate surface area is 236 Å². The first-order valence-corrected chi connectivity index (χ1v) is 14.5. The second-order valence-electron chi connectivity index (χ2n) is 11.1. The number of benzene rings is 3. The van der Waals surface area contributed by atoms with Gasteiger partial charge in [0.1, 0.15) is 17.4 Å². The first-order chi connectivity index (χ1) is 19.5. The van der Waals surface area contributed by atoms with E-state index in [0.29, 0.717) is 12.6 Å². The fourth-order valence-corrected chi connectivity index (χ4v) is 6.58. The van der Waals surface area contributed by atoms with E-state index in [9.17, 15) is 4.79 Å². The van der Waals surface area contributed by atoms with Crippen molar-refractivity contribution in [3.8, 4) is 5.75 Å². The first kappa shape index (κ1) is 26.5. The maximum atomic E-state index is 12.9. The van der Waals surface area contributed by atoms with Crippen molar-refractivity contribution in [3.05, 3.63) is 88.0 Å². The molecule has 1 unspecified atom stereocenters. The number of hydrogen-bond donors (Lipinski definition) is 0. The van der Waals surface area contributed by atoms with Gasteiger partial charge < -0.3 is 9.47 Å². The highest BCUT2D eigenvalue weighted by molar-refractivity contribution is 5.80. The fourth-order valence-electron chi connectivity index (χ4n) is 6.58. The second-order valence-corrected chi connectivity index (χ2v) is 11.1. The maximum Gasteiger partial charge on any atom is 0.306 e. The predicted octanol–water partition coefficient (Wildman–Crippen LogP) is 6.02. The summed E-state index contributed by atoms with van der Waals surface area (Å²) in [6, 6.07) is 19.8. The molecule has 1 aromatic heterocycles. The topological polar surface area (TPSA) is 69.5 Å². The number of aryl methyl sites for hydroxylation is 3. The van der Waals surface area contributed by atoms with Gasteiger partial charge in [0, 0.05) is 37.7 Å². The SMILES string of the molecule is CCOC(=O)CC(c1ccc2c(c1)[C@@H](N1Cc3ccccc3O[C@H](CC)C1)CC2)c1ccc2c(nnn2C)c1C. The summed E-state index contributed by atoms with van der Waals surface area (Å²) < 4.78 is 13.6. The van der Waals surface area contributed by atoms with Gasteiger partial charge in [0.2, 0.25) is 0 Å². The van der Waals surface area contributed by atoms with E-state index in [1.165, 1.54) is 16.7 Å². The Kier molecular flexibility index (Phi) is 7.32. The van der Waals surface area contributed by atoms with Crippen molar-refractivity contribution in [3.63, 3.8) is 0 Å². The minimum absolute atomic E-state index is 0.131. The summed E-state index contributed by atoms with van der Waals surface area (Å²) in [5.74, 6) is 0.692. The molecule has 0 bridgehead atoms. The fraction of sp³-hybridized carbons (Fsp3) is 0.424. The molecule has 7 nitrogen and oxygen atoms in total. The molecule has 208 valence electrons. The van der Waals surface area contributed by atoms with Crippen LogP contribution < -0.4 is 4.74 Å². The Morgan fingerprint density at radius 2 is 1.98 bits per heavy atom. The van der Waals surface area contributed by atoms with E-state index in [0.717, 1.165) is 65.8 Å². The van der Waals surface area contributed by atoms with Crippen molar-refractivity contribution in [2.75, 3.05) is 13.2 Å². The zero-order valence-corrected chi connectivity index (χ0v) is 23.9. The van der Waals surface area contributed by atoms with Gasteiger partial charge in [0.05, 0.1) is 18.5 Å². The molecule has 4 aromatic rings. The molecule has 2 aliphatic rings. The van der Waals surface area contributed by atoms with Crippen LogP contribution in [0.3, 0.4) is 0 Å². The van der Waals surface area contributed by atoms with Crippen LogP contribution in [-0.4, -0.2) is 45.1 Å². The maximum absolute atomic E-state index is 12.9. The normalized spacial score (nSPS) is 19.5. The predicted molar refractivity (Wildman–Crippen MR) is 155 cm³/mol. The quantitative estimate of drug-likeness (QED) is 0.268. The number of rotatable bonds is 7. The lowest BCUT2D eigenvalue weighted by molar-refractivity contribution is -0.143. The smallest absolute Gasteiger partial charge is 0.306 e. The molecule has 3 aromatic carbocycles. The summed E-state index contributed by atoms with van der Waals surface area (Å²) in [4.78, 5) is 15.5. The van der Waals surface area contributed by atoms with Gasteiger partial charge in [-0.05, 0) is 73.1 Å². The monoisotopic (exact) mass is 538 g/mol. The number of ether oxygens (including phenoxy) is 2. The second kappa shape index (κ2) is 11.0. The number of para-hydroxylation sites is 1. The van der Waals surface area contributed by atoms with Crippen molar-refractivity contribution in [2.24, 2.45) is 7.05 Å². The molecule has 1 aliphatic carbocycles. The van der Waals surface area contributed by atoms with Gasteiger partial charge in [-0.2, -0.15) is 0 Å². The molecule has 0 amide bonds. The first-order valence-electron chi connectivity index (χ1n) is 14.5. The lowest BCUT2D eigenvalue weighted by Gasteiger charge is -2.30. The lowest BCUT2D eigenvalue weighted by atomic mass is 9.84. The average molecular weight is 539 g/mol. The van der Waals surface area contributed by atoms with Gasteiger partial charge in [0.25, 0.3) is 0 Å². The number of fused-ring (bicyclic) bond motifs is 3. The zero-order valence-electron chi connectivity index (χ0n) is 23.9. The minimum Gasteiger partial charge on any atom is -0.489 e. The Hall–Kier alpha value is -3.71. The lowest BCUT2D eigenvalue weighted by Crippen LogP contribution is -2.34. The molecule has 0 saturated heterocycles. The highest BCUT2D eigenvalue weighted by atomic mass is 16.5. The molecule has 0 saturated carbocycles. The molecule has 0 fully saturated rings. The van der Waals surface area contributed by atoms with E-state index >= 15 is 0 Å². The Morgan fingerprint density at radius 3 is 2.80 bits per heavy atom. The van der Waals surface area contributed by atoms with Crippen molar-refractivity contribution in [1.29, 1.82) is 0 Å². The Balaban J connectivity index is 1.39. The molecular formula is C33H38N4O3. The van der Waals surface area contributed by atoms with E-state index in [2.05, 4.69) is 83.7 Å². The van der Waals surface area contributed by atoms with Gasteiger partial charge in [-0.25, -0.2) is 4.68 Å². The van der Waals surface area contributed by atoms with Crippen LogP contribution in [0.15, 0.2) is 54.6 Å². The van der Waals surface area contributed by atoms with Crippen LogP contribution in [0.25, 0.3) is 11.0 Å². The minimum atomic E-state index is -0.185. The number of carbonyl (C=O) groups is 1. The van der Waals surface area contributed by atoms with E-state index < -0.39 is 0 Å². The molecule has 2 heterocycles. The van der Waals surface area contributed by atoms with Crippen LogP contribution in [0.1, 0.15) is 78.5 Å². The number of hydrogen-bond acceptors (Lipinski definition) is 6. The zero-order chi connectivity index (χ0) is 27.8. The van der Waals surface area contributed by atoms with Gasteiger partial charge in [0.15, 0.2) is 0 Å².